The van der Waals surface area contributed by atoms with E-state index in [4.69, 9.17) is 11.5 Å². The summed E-state index contributed by atoms with van der Waals surface area (Å²) in [6.07, 6.45) is 1.15. The molecule has 0 bridgehead atoms. The van der Waals surface area contributed by atoms with E-state index in [1.165, 1.54) is 11.8 Å². The van der Waals surface area contributed by atoms with Gasteiger partial charge in [-0.1, -0.05) is 0 Å². The highest BCUT2D eigenvalue weighted by Gasteiger charge is 2.02. The lowest BCUT2D eigenvalue weighted by Gasteiger charge is -2.05. The standard InChI is InChI=1S/C12H17N3O2S/c13-9-3-5-10(6-4-9)15-12(17)2-1-7-18-8-11(14)16/h3-6H,1-2,7-8,13H2,(H2,14,16)(H,15,17). The molecule has 0 aliphatic carbocycles. The first-order valence-corrected chi connectivity index (χ1v) is 6.75. The molecule has 0 fully saturated rings. The van der Waals surface area contributed by atoms with Crippen molar-refractivity contribution in [1.82, 2.24) is 0 Å². The van der Waals surface area contributed by atoms with Crippen LogP contribution in [0.25, 0.3) is 0 Å². The van der Waals surface area contributed by atoms with Gasteiger partial charge in [-0.15, -0.1) is 0 Å². The molecular formula is C12H17N3O2S. The lowest BCUT2D eigenvalue weighted by atomic mass is 10.2. The first-order chi connectivity index (χ1) is 8.58. The van der Waals surface area contributed by atoms with E-state index in [1.807, 2.05) is 0 Å². The number of thioether (sulfide) groups is 1. The summed E-state index contributed by atoms with van der Waals surface area (Å²) in [5, 5.41) is 2.77. The van der Waals surface area contributed by atoms with E-state index in [1.54, 1.807) is 24.3 Å². The third-order valence-electron chi connectivity index (χ3n) is 2.13. The molecule has 5 nitrogen and oxygen atoms in total. The van der Waals surface area contributed by atoms with Crippen molar-refractivity contribution in [2.45, 2.75) is 12.8 Å². The minimum absolute atomic E-state index is 0.0422. The number of primary amides is 1. The molecule has 0 aliphatic heterocycles. The smallest absolute Gasteiger partial charge is 0.227 e. The summed E-state index contributed by atoms with van der Waals surface area (Å²) >= 11 is 1.44. The van der Waals surface area contributed by atoms with Crippen LogP contribution in [0.15, 0.2) is 24.3 Å². The van der Waals surface area contributed by atoms with Gasteiger partial charge in [-0.2, -0.15) is 11.8 Å². The molecule has 0 saturated heterocycles. The Bertz CT molecular complexity index is 406. The normalized spacial score (nSPS) is 10.0. The van der Waals surface area contributed by atoms with Gasteiger partial charge in [-0.25, -0.2) is 0 Å². The van der Waals surface area contributed by atoms with E-state index >= 15 is 0 Å². The van der Waals surface area contributed by atoms with Gasteiger partial charge in [-0.3, -0.25) is 9.59 Å². The van der Waals surface area contributed by atoms with Gasteiger partial charge < -0.3 is 16.8 Å². The van der Waals surface area contributed by atoms with Gasteiger partial charge in [0, 0.05) is 17.8 Å². The van der Waals surface area contributed by atoms with Gasteiger partial charge in [-0.05, 0) is 36.4 Å². The molecule has 0 saturated carbocycles. The average molecular weight is 267 g/mol. The van der Waals surface area contributed by atoms with Crippen molar-refractivity contribution in [3.8, 4) is 0 Å². The number of hydrogen-bond acceptors (Lipinski definition) is 4. The number of nitrogen functional groups attached to an aromatic ring is 1. The molecule has 6 heteroatoms. The van der Waals surface area contributed by atoms with Crippen LogP contribution in [0.5, 0.6) is 0 Å². The predicted molar refractivity (Wildman–Crippen MR) is 75.2 cm³/mol. The van der Waals surface area contributed by atoms with Gasteiger partial charge in [0.2, 0.25) is 11.8 Å². The predicted octanol–water partition coefficient (Wildman–Crippen LogP) is 1.21. The molecule has 98 valence electrons. The summed E-state index contributed by atoms with van der Waals surface area (Å²) < 4.78 is 0. The molecule has 5 N–H and O–H groups in total. The fraction of sp³-hybridized carbons (Fsp3) is 0.333. The first-order valence-electron chi connectivity index (χ1n) is 5.59. The summed E-state index contributed by atoms with van der Waals surface area (Å²) in [4.78, 5) is 22.0. The molecule has 0 spiro atoms. The van der Waals surface area contributed by atoms with Crippen LogP contribution in [0.3, 0.4) is 0 Å². The zero-order chi connectivity index (χ0) is 13.4. The van der Waals surface area contributed by atoms with Gasteiger partial charge in [0.1, 0.15) is 0 Å². The van der Waals surface area contributed by atoms with E-state index in [2.05, 4.69) is 5.32 Å². The molecular weight excluding hydrogens is 250 g/mol. The van der Waals surface area contributed by atoms with E-state index in [0.717, 1.165) is 17.9 Å². The fourth-order valence-corrected chi connectivity index (χ4v) is 1.99. The second-order valence-electron chi connectivity index (χ2n) is 3.79. The molecule has 0 heterocycles. The number of carbonyl (C=O) groups excluding carboxylic acids is 2. The van der Waals surface area contributed by atoms with Crippen molar-refractivity contribution in [3.63, 3.8) is 0 Å². The van der Waals surface area contributed by atoms with Crippen molar-refractivity contribution in [3.05, 3.63) is 24.3 Å². The Morgan fingerprint density at radius 1 is 1.22 bits per heavy atom. The lowest BCUT2D eigenvalue weighted by molar-refractivity contribution is -0.116. The zero-order valence-electron chi connectivity index (χ0n) is 10.0. The maximum absolute atomic E-state index is 11.6. The highest BCUT2D eigenvalue weighted by Crippen LogP contribution is 2.11. The summed E-state index contributed by atoms with van der Waals surface area (Å²) in [6.45, 7) is 0. The molecule has 0 aromatic heterocycles. The van der Waals surface area contributed by atoms with Crippen LogP contribution in [-0.2, 0) is 9.59 Å². The van der Waals surface area contributed by atoms with Gasteiger partial charge >= 0.3 is 0 Å². The third kappa shape index (κ3) is 6.15. The Labute approximate surface area is 110 Å². The number of rotatable bonds is 7. The highest BCUT2D eigenvalue weighted by atomic mass is 32.2. The van der Waals surface area contributed by atoms with Crippen LogP contribution in [0.4, 0.5) is 11.4 Å². The van der Waals surface area contributed by atoms with E-state index in [-0.39, 0.29) is 11.8 Å². The SMILES string of the molecule is NC(=O)CSCCCC(=O)Nc1ccc(N)cc1. The molecule has 1 aromatic rings. The van der Waals surface area contributed by atoms with Crippen molar-refractivity contribution in [2.75, 3.05) is 22.6 Å². The molecule has 2 amide bonds. The number of nitrogens with one attached hydrogen (secondary N) is 1. The van der Waals surface area contributed by atoms with Crippen LogP contribution in [0.2, 0.25) is 0 Å². The van der Waals surface area contributed by atoms with Crippen LogP contribution in [-0.4, -0.2) is 23.3 Å². The molecule has 0 radical (unpaired) electrons. The van der Waals surface area contributed by atoms with E-state index < -0.39 is 0 Å². The van der Waals surface area contributed by atoms with Crippen molar-refractivity contribution < 1.29 is 9.59 Å². The highest BCUT2D eigenvalue weighted by molar-refractivity contribution is 7.99. The molecule has 0 aliphatic rings. The monoisotopic (exact) mass is 267 g/mol. The number of hydrogen-bond donors (Lipinski definition) is 3. The third-order valence-corrected chi connectivity index (χ3v) is 3.20. The number of nitrogens with two attached hydrogens (primary N) is 2. The maximum Gasteiger partial charge on any atom is 0.227 e. The van der Waals surface area contributed by atoms with Crippen molar-refractivity contribution in [2.24, 2.45) is 5.73 Å². The molecule has 18 heavy (non-hydrogen) atoms. The second kappa shape index (κ2) is 7.60. The Morgan fingerprint density at radius 3 is 2.50 bits per heavy atom. The zero-order valence-corrected chi connectivity index (χ0v) is 10.8. The number of anilines is 2. The quantitative estimate of drug-likeness (QED) is 0.511. The average Bonchev–Trinajstić information content (AvgIpc) is 2.31. The van der Waals surface area contributed by atoms with Crippen LogP contribution in [0.1, 0.15) is 12.8 Å². The maximum atomic E-state index is 11.6. The summed E-state index contributed by atoms with van der Waals surface area (Å²) in [5.74, 6) is 0.684. The minimum atomic E-state index is -0.327. The largest absolute Gasteiger partial charge is 0.399 e. The van der Waals surface area contributed by atoms with Crippen LogP contribution in [0, 0.1) is 0 Å². The molecule has 1 rings (SSSR count). The second-order valence-corrected chi connectivity index (χ2v) is 4.90. The summed E-state index contributed by atoms with van der Waals surface area (Å²) in [6, 6.07) is 6.99. The van der Waals surface area contributed by atoms with Crippen LogP contribution >= 0.6 is 11.8 Å². The Morgan fingerprint density at radius 2 is 1.89 bits per heavy atom. The summed E-state index contributed by atoms with van der Waals surface area (Å²) in [5.41, 5.74) is 11.9. The Kier molecular flexibility index (Phi) is 6.07. The topological polar surface area (TPSA) is 98.2 Å². The lowest BCUT2D eigenvalue weighted by Crippen LogP contribution is -2.14. The molecule has 1 aromatic carbocycles. The van der Waals surface area contributed by atoms with Gasteiger partial charge in [0.05, 0.1) is 5.75 Å². The molecule has 0 unspecified atom stereocenters. The van der Waals surface area contributed by atoms with E-state index in [9.17, 15) is 9.59 Å². The van der Waals surface area contributed by atoms with E-state index in [0.29, 0.717) is 17.9 Å². The Balaban J connectivity index is 2.17. The number of carbonyl (C=O) groups is 2. The van der Waals surface area contributed by atoms with Gasteiger partial charge in [0.25, 0.3) is 0 Å². The fourth-order valence-electron chi connectivity index (χ4n) is 1.30. The van der Waals surface area contributed by atoms with Crippen molar-refractivity contribution in [1.29, 1.82) is 0 Å². The van der Waals surface area contributed by atoms with Gasteiger partial charge in [0.15, 0.2) is 0 Å². The van der Waals surface area contributed by atoms with Crippen molar-refractivity contribution >= 4 is 35.0 Å². The number of benzene rings is 1. The summed E-state index contributed by atoms with van der Waals surface area (Å²) in [7, 11) is 0. The Hall–Kier alpha value is -1.69. The number of amides is 2. The minimum Gasteiger partial charge on any atom is -0.399 e. The molecule has 0 atom stereocenters. The van der Waals surface area contributed by atoms with Crippen LogP contribution < -0.4 is 16.8 Å². The first kappa shape index (κ1) is 14.4.